The van der Waals surface area contributed by atoms with Crippen molar-refractivity contribution in [3.05, 3.63) is 35.7 Å². The lowest BCUT2D eigenvalue weighted by Crippen LogP contribution is -2.46. The van der Waals surface area contributed by atoms with Gasteiger partial charge in [0.25, 0.3) is 0 Å². The highest BCUT2D eigenvalue weighted by Gasteiger charge is 2.27. The van der Waals surface area contributed by atoms with Crippen molar-refractivity contribution < 1.29 is 0 Å². The fourth-order valence-corrected chi connectivity index (χ4v) is 2.64. The van der Waals surface area contributed by atoms with Gasteiger partial charge in [0.2, 0.25) is 0 Å². The van der Waals surface area contributed by atoms with E-state index in [9.17, 15) is 0 Å². The Balaban J connectivity index is 1.82. The quantitative estimate of drug-likeness (QED) is 0.848. The summed E-state index contributed by atoms with van der Waals surface area (Å²) in [7, 11) is 2.05. The molecule has 1 saturated heterocycles. The molecule has 0 saturated carbocycles. The minimum Gasteiger partial charge on any atom is -0.337 e. The molecule has 0 bridgehead atoms. The molecule has 1 atom stereocenters. The second kappa shape index (κ2) is 5.14. The van der Waals surface area contributed by atoms with E-state index in [0.29, 0.717) is 6.04 Å². The van der Waals surface area contributed by atoms with Crippen molar-refractivity contribution in [2.45, 2.75) is 19.5 Å². The van der Waals surface area contributed by atoms with Gasteiger partial charge in [-0.05, 0) is 6.92 Å². The Morgan fingerprint density at radius 2 is 2.37 bits per heavy atom. The van der Waals surface area contributed by atoms with Gasteiger partial charge in [0, 0.05) is 56.9 Å². The monoisotopic (exact) mass is 260 g/mol. The number of rotatable bonds is 3. The van der Waals surface area contributed by atoms with Gasteiger partial charge in [0.1, 0.15) is 5.82 Å². The normalized spacial score (nSPS) is 20.8. The summed E-state index contributed by atoms with van der Waals surface area (Å²) in [5.41, 5.74) is 2.42. The molecule has 1 aliphatic heterocycles. The van der Waals surface area contributed by atoms with E-state index in [2.05, 4.69) is 43.9 Å². The summed E-state index contributed by atoms with van der Waals surface area (Å²) >= 11 is 0. The first-order valence-electron chi connectivity index (χ1n) is 6.66. The number of nitrogens with one attached hydrogen (secondary N) is 2. The number of hydrogen-bond acceptors (Lipinski definition) is 4. The highest BCUT2D eigenvalue weighted by Crippen LogP contribution is 2.23. The summed E-state index contributed by atoms with van der Waals surface area (Å²) in [5.74, 6) is 1.12. The number of aromatic amines is 1. The van der Waals surface area contributed by atoms with Gasteiger partial charge in [-0.25, -0.2) is 4.98 Å². The molecular weight excluding hydrogens is 240 g/mol. The third-order valence-electron chi connectivity index (χ3n) is 3.82. The third-order valence-corrected chi connectivity index (χ3v) is 3.82. The first-order valence-corrected chi connectivity index (χ1v) is 6.66. The van der Waals surface area contributed by atoms with E-state index >= 15 is 0 Å². The first kappa shape index (κ1) is 12.4. The highest BCUT2D eigenvalue weighted by molar-refractivity contribution is 5.15. The molecular formula is C13H20N6. The van der Waals surface area contributed by atoms with Crippen molar-refractivity contribution >= 4 is 0 Å². The molecule has 2 aromatic heterocycles. The zero-order valence-electron chi connectivity index (χ0n) is 11.4. The van der Waals surface area contributed by atoms with Crippen LogP contribution in [0.4, 0.5) is 0 Å². The van der Waals surface area contributed by atoms with Crippen LogP contribution in [0, 0.1) is 6.92 Å². The molecule has 102 valence electrons. The Morgan fingerprint density at radius 3 is 3.05 bits per heavy atom. The van der Waals surface area contributed by atoms with Gasteiger partial charge in [-0.3, -0.25) is 10.00 Å². The molecule has 1 aliphatic rings. The molecule has 19 heavy (non-hydrogen) atoms. The molecule has 6 nitrogen and oxygen atoms in total. The van der Waals surface area contributed by atoms with E-state index < -0.39 is 0 Å². The van der Waals surface area contributed by atoms with Crippen molar-refractivity contribution in [1.82, 2.24) is 30.0 Å². The van der Waals surface area contributed by atoms with Crippen LogP contribution in [0.5, 0.6) is 0 Å². The first-order chi connectivity index (χ1) is 9.25. The maximum atomic E-state index is 4.50. The van der Waals surface area contributed by atoms with Gasteiger partial charge in [-0.15, -0.1) is 0 Å². The molecule has 3 heterocycles. The molecule has 3 rings (SSSR count). The second-order valence-electron chi connectivity index (χ2n) is 5.11. The van der Waals surface area contributed by atoms with Crippen LogP contribution >= 0.6 is 0 Å². The van der Waals surface area contributed by atoms with Crippen molar-refractivity contribution in [1.29, 1.82) is 0 Å². The summed E-state index contributed by atoms with van der Waals surface area (Å²) in [4.78, 5) is 6.97. The average Bonchev–Trinajstić information content (AvgIpc) is 3.00. The Morgan fingerprint density at radius 1 is 1.47 bits per heavy atom. The molecule has 0 radical (unpaired) electrons. The number of nitrogens with zero attached hydrogens (tertiary/aromatic N) is 4. The van der Waals surface area contributed by atoms with Crippen LogP contribution in [0.1, 0.15) is 23.1 Å². The van der Waals surface area contributed by atoms with Gasteiger partial charge in [-0.2, -0.15) is 5.10 Å². The van der Waals surface area contributed by atoms with E-state index in [1.54, 1.807) is 0 Å². The van der Waals surface area contributed by atoms with Gasteiger partial charge in [-0.1, -0.05) is 0 Å². The van der Waals surface area contributed by atoms with Gasteiger partial charge < -0.3 is 9.88 Å². The number of H-pyrrole nitrogens is 1. The number of imidazole rings is 1. The van der Waals surface area contributed by atoms with Crippen LogP contribution in [0.25, 0.3) is 0 Å². The van der Waals surface area contributed by atoms with E-state index in [0.717, 1.165) is 37.7 Å². The molecule has 6 heteroatoms. The smallest absolute Gasteiger partial charge is 0.127 e. The average molecular weight is 260 g/mol. The highest BCUT2D eigenvalue weighted by atomic mass is 15.3. The summed E-state index contributed by atoms with van der Waals surface area (Å²) in [6.45, 7) is 5.99. The molecule has 1 unspecified atom stereocenters. The van der Waals surface area contributed by atoms with Crippen LogP contribution in [-0.2, 0) is 13.6 Å². The van der Waals surface area contributed by atoms with Crippen molar-refractivity contribution in [2.24, 2.45) is 7.05 Å². The van der Waals surface area contributed by atoms with Crippen LogP contribution in [0.15, 0.2) is 18.6 Å². The molecule has 1 fully saturated rings. The lowest BCUT2D eigenvalue weighted by molar-refractivity contribution is 0.144. The SMILES string of the molecule is Cc1[nH]ncc1CN1CCNCC1c1nccn1C. The van der Waals surface area contributed by atoms with E-state index in [1.165, 1.54) is 5.56 Å². The maximum absolute atomic E-state index is 4.50. The molecule has 0 spiro atoms. The van der Waals surface area contributed by atoms with Crippen molar-refractivity contribution in [3.63, 3.8) is 0 Å². The molecule has 2 aromatic rings. The predicted molar refractivity (Wildman–Crippen MR) is 72.6 cm³/mol. The Bertz CT molecular complexity index is 543. The lowest BCUT2D eigenvalue weighted by atomic mass is 10.1. The second-order valence-corrected chi connectivity index (χ2v) is 5.11. The van der Waals surface area contributed by atoms with Crippen LogP contribution in [0.3, 0.4) is 0 Å². The minimum atomic E-state index is 0.322. The van der Waals surface area contributed by atoms with Gasteiger partial charge in [0.15, 0.2) is 0 Å². The predicted octanol–water partition coefficient (Wildman–Crippen LogP) is 0.598. The summed E-state index contributed by atoms with van der Waals surface area (Å²) in [6, 6.07) is 0.322. The fourth-order valence-electron chi connectivity index (χ4n) is 2.64. The largest absolute Gasteiger partial charge is 0.337 e. The van der Waals surface area contributed by atoms with Crippen molar-refractivity contribution in [3.8, 4) is 0 Å². The maximum Gasteiger partial charge on any atom is 0.127 e. The lowest BCUT2D eigenvalue weighted by Gasteiger charge is -2.35. The van der Waals surface area contributed by atoms with Crippen LogP contribution < -0.4 is 5.32 Å². The Labute approximate surface area is 112 Å². The minimum absolute atomic E-state index is 0.322. The van der Waals surface area contributed by atoms with Gasteiger partial charge in [0.05, 0.1) is 12.2 Å². The molecule has 0 amide bonds. The molecule has 0 aliphatic carbocycles. The van der Waals surface area contributed by atoms with E-state index in [1.807, 2.05) is 18.6 Å². The zero-order valence-corrected chi connectivity index (χ0v) is 11.4. The molecule has 2 N–H and O–H groups in total. The summed E-state index contributed by atoms with van der Waals surface area (Å²) in [6.07, 6.45) is 5.79. The topological polar surface area (TPSA) is 61.8 Å². The molecule has 0 aromatic carbocycles. The summed E-state index contributed by atoms with van der Waals surface area (Å²) in [5, 5.41) is 10.6. The van der Waals surface area contributed by atoms with Crippen LogP contribution in [-0.4, -0.2) is 44.3 Å². The number of hydrogen-bond donors (Lipinski definition) is 2. The Kier molecular flexibility index (Phi) is 3.35. The fraction of sp³-hybridized carbons (Fsp3) is 0.538. The van der Waals surface area contributed by atoms with E-state index in [4.69, 9.17) is 0 Å². The number of aromatic nitrogens is 4. The zero-order chi connectivity index (χ0) is 13.2. The summed E-state index contributed by atoms with van der Waals surface area (Å²) < 4.78 is 2.10. The Hall–Kier alpha value is -1.66. The number of piperazine rings is 1. The standard InChI is InChI=1S/C13H20N6/c1-10-11(7-16-17-10)9-19-6-3-14-8-12(19)13-15-4-5-18(13)2/h4-5,7,12,14H,3,6,8-9H2,1-2H3,(H,16,17). The van der Waals surface area contributed by atoms with Crippen LogP contribution in [0.2, 0.25) is 0 Å². The van der Waals surface area contributed by atoms with Gasteiger partial charge >= 0.3 is 0 Å². The third kappa shape index (κ3) is 2.41. The van der Waals surface area contributed by atoms with E-state index in [-0.39, 0.29) is 0 Å². The number of aryl methyl sites for hydroxylation is 2. The van der Waals surface area contributed by atoms with Crippen molar-refractivity contribution in [2.75, 3.05) is 19.6 Å².